The van der Waals surface area contributed by atoms with Gasteiger partial charge in [0.05, 0.1) is 17.5 Å². The van der Waals surface area contributed by atoms with Crippen LogP contribution in [-0.4, -0.2) is 40.3 Å². The molecule has 1 amide bonds. The van der Waals surface area contributed by atoms with Gasteiger partial charge in [-0.2, -0.15) is 15.1 Å². The number of carbonyl (C=O) groups excluding carboxylic acids is 1. The van der Waals surface area contributed by atoms with E-state index in [-0.39, 0.29) is 29.0 Å². The minimum atomic E-state index is -0.809. The Hall–Kier alpha value is -3.91. The van der Waals surface area contributed by atoms with Crippen molar-refractivity contribution in [1.82, 2.24) is 9.58 Å². The Labute approximate surface area is 217 Å². The quantitative estimate of drug-likeness (QED) is 0.125. The molecule has 0 aliphatic heterocycles. The predicted octanol–water partition coefficient (Wildman–Crippen LogP) is 4.48. The molecule has 6 N–H and O–H groups in total. The topological polar surface area (TPSA) is 175 Å². The fourth-order valence-electron chi connectivity index (χ4n) is 3.71. The lowest BCUT2D eigenvalue weighted by Crippen LogP contribution is -2.43. The zero-order valence-corrected chi connectivity index (χ0v) is 21.9. The average Bonchev–Trinajstić information content (AvgIpc) is 2.91. The second-order valence-electron chi connectivity index (χ2n) is 8.92. The molecule has 2 rings (SSSR count). The maximum absolute atomic E-state index is 12.8. The molecule has 0 saturated carbocycles. The summed E-state index contributed by atoms with van der Waals surface area (Å²) in [6, 6.07) is 8.26. The minimum absolute atomic E-state index is 0.0704. The normalized spacial score (nSPS) is 11.9. The van der Waals surface area contributed by atoms with Crippen molar-refractivity contribution >= 4 is 23.0 Å². The number of nitrogens with zero attached hydrogens (tertiary/aromatic N) is 5. The maximum Gasteiger partial charge on any atom is 0.301 e. The van der Waals surface area contributed by atoms with Crippen LogP contribution >= 0.6 is 0 Å². The number of amides is 1. The van der Waals surface area contributed by atoms with E-state index in [1.807, 2.05) is 13.0 Å². The van der Waals surface area contributed by atoms with Crippen molar-refractivity contribution in [3.05, 3.63) is 45.7 Å². The number of unbranched alkanes of at least 4 members (excludes halogenated alkanes) is 5. The molecule has 11 heteroatoms. The molecule has 0 radical (unpaired) electrons. The summed E-state index contributed by atoms with van der Waals surface area (Å²) in [6.45, 7) is 4.63. The number of aromatic hydroxyl groups is 1. The van der Waals surface area contributed by atoms with Crippen LogP contribution in [-0.2, 0) is 0 Å². The van der Waals surface area contributed by atoms with Gasteiger partial charge in [0, 0.05) is 19.2 Å². The number of anilines is 1. The second-order valence-corrected chi connectivity index (χ2v) is 8.92. The first kappa shape index (κ1) is 29.3. The number of pyridine rings is 1. The lowest BCUT2D eigenvalue weighted by atomic mass is 10.1. The Morgan fingerprint density at radius 2 is 1.78 bits per heavy atom. The van der Waals surface area contributed by atoms with Gasteiger partial charge in [0.25, 0.3) is 5.91 Å². The Morgan fingerprint density at radius 3 is 2.41 bits per heavy atom. The van der Waals surface area contributed by atoms with E-state index in [9.17, 15) is 20.0 Å². The van der Waals surface area contributed by atoms with Crippen LogP contribution in [0.25, 0.3) is 0 Å². The van der Waals surface area contributed by atoms with Gasteiger partial charge in [-0.1, -0.05) is 52.4 Å². The largest absolute Gasteiger partial charge is 0.492 e. The Morgan fingerprint density at radius 1 is 1.14 bits per heavy atom. The van der Waals surface area contributed by atoms with Crippen LogP contribution < -0.4 is 22.5 Å². The van der Waals surface area contributed by atoms with Gasteiger partial charge in [-0.15, -0.1) is 5.11 Å². The van der Waals surface area contributed by atoms with Gasteiger partial charge in [-0.3, -0.25) is 9.59 Å². The van der Waals surface area contributed by atoms with E-state index < -0.39 is 11.4 Å². The first-order chi connectivity index (χ1) is 17.8. The van der Waals surface area contributed by atoms with E-state index in [1.165, 1.54) is 24.2 Å². The molecule has 1 heterocycles. The molecule has 0 bridgehead atoms. The van der Waals surface area contributed by atoms with Gasteiger partial charge in [0.15, 0.2) is 5.69 Å². The van der Waals surface area contributed by atoms with Crippen molar-refractivity contribution in [3.63, 3.8) is 0 Å². The molecule has 0 aliphatic rings. The van der Waals surface area contributed by atoms with Crippen LogP contribution in [0.15, 0.2) is 39.3 Å². The van der Waals surface area contributed by atoms with E-state index >= 15 is 0 Å². The molecule has 1 atom stereocenters. The molecule has 200 valence electrons. The molecule has 0 fully saturated rings. The standard InChI is InChI=1S/C26H38N8O3/c1-4-6-8-9-10-11-21(28)33(3)24(35)18-12-14-19(15-13-18)31-32-23-22(30-16-7-5-2)20(17-27)25(36)34(29)26(23)37/h12-15,21,30,36H,4-11,16,28-29H2,1-3H3. The molecule has 0 aliphatic carbocycles. The molecular weight excluding hydrogens is 472 g/mol. The van der Waals surface area contributed by atoms with Gasteiger partial charge >= 0.3 is 5.56 Å². The van der Waals surface area contributed by atoms with Gasteiger partial charge in [0.2, 0.25) is 5.88 Å². The molecule has 1 unspecified atom stereocenters. The third kappa shape index (κ3) is 7.79. The van der Waals surface area contributed by atoms with E-state index in [0.29, 0.717) is 22.5 Å². The molecular formula is C26H38N8O3. The van der Waals surface area contributed by atoms with Crippen molar-refractivity contribution in [2.45, 2.75) is 71.4 Å². The fraction of sp³-hybridized carbons (Fsp3) is 0.500. The average molecular weight is 511 g/mol. The number of nitriles is 1. The van der Waals surface area contributed by atoms with E-state index in [1.54, 1.807) is 31.3 Å². The highest BCUT2D eigenvalue weighted by atomic mass is 16.3. The summed E-state index contributed by atoms with van der Waals surface area (Å²) in [5.74, 6) is 4.78. The number of nitrogens with one attached hydrogen (secondary N) is 1. The zero-order chi connectivity index (χ0) is 27.4. The molecule has 0 spiro atoms. The predicted molar refractivity (Wildman–Crippen MR) is 145 cm³/mol. The third-order valence-electron chi connectivity index (χ3n) is 6.10. The highest BCUT2D eigenvalue weighted by Gasteiger charge is 2.21. The highest BCUT2D eigenvalue weighted by Crippen LogP contribution is 2.31. The number of rotatable bonds is 14. The first-order valence-corrected chi connectivity index (χ1v) is 12.7. The van der Waals surface area contributed by atoms with Crippen LogP contribution in [0.4, 0.5) is 17.1 Å². The summed E-state index contributed by atoms with van der Waals surface area (Å²) in [5.41, 5.74) is 5.91. The smallest absolute Gasteiger partial charge is 0.301 e. The van der Waals surface area contributed by atoms with E-state index in [0.717, 1.165) is 32.1 Å². The number of benzene rings is 1. The van der Waals surface area contributed by atoms with E-state index in [4.69, 9.17) is 11.6 Å². The first-order valence-electron chi connectivity index (χ1n) is 12.7. The number of hydrogen-bond acceptors (Lipinski definition) is 9. The Balaban J connectivity index is 2.18. The number of carbonyl (C=O) groups is 1. The van der Waals surface area contributed by atoms with Gasteiger partial charge in [-0.25, -0.2) is 0 Å². The van der Waals surface area contributed by atoms with Gasteiger partial charge in [0.1, 0.15) is 11.6 Å². The summed E-state index contributed by atoms with van der Waals surface area (Å²) in [5, 5.41) is 30.7. The lowest BCUT2D eigenvalue weighted by Gasteiger charge is -2.25. The van der Waals surface area contributed by atoms with Crippen molar-refractivity contribution in [1.29, 1.82) is 5.26 Å². The summed E-state index contributed by atoms with van der Waals surface area (Å²) in [4.78, 5) is 27.0. The molecule has 1 aromatic heterocycles. The fourth-order valence-corrected chi connectivity index (χ4v) is 3.71. The highest BCUT2D eigenvalue weighted by molar-refractivity contribution is 5.94. The minimum Gasteiger partial charge on any atom is -0.492 e. The second kappa shape index (κ2) is 14.6. The maximum atomic E-state index is 12.8. The molecule has 37 heavy (non-hydrogen) atoms. The summed E-state index contributed by atoms with van der Waals surface area (Å²) in [7, 11) is 1.69. The number of hydrogen-bond donors (Lipinski definition) is 4. The lowest BCUT2D eigenvalue weighted by molar-refractivity contribution is 0.0726. The number of nitrogens with two attached hydrogens (primary N) is 2. The summed E-state index contributed by atoms with van der Waals surface area (Å²) < 4.78 is 0.461. The van der Waals surface area contributed by atoms with Crippen molar-refractivity contribution in [3.8, 4) is 11.9 Å². The SMILES string of the molecule is CCCCCCCC(N)N(C)C(=O)c1ccc(N=Nc2c(NCCCC)c(C#N)c(O)n(N)c2=O)cc1. The number of nitrogen functional groups attached to an aromatic ring is 1. The van der Waals surface area contributed by atoms with Crippen LogP contribution in [0.3, 0.4) is 0 Å². The van der Waals surface area contributed by atoms with Crippen LogP contribution in [0.2, 0.25) is 0 Å². The third-order valence-corrected chi connectivity index (χ3v) is 6.10. The zero-order valence-electron chi connectivity index (χ0n) is 21.9. The van der Waals surface area contributed by atoms with Crippen LogP contribution in [0.1, 0.15) is 81.1 Å². The molecule has 0 saturated heterocycles. The Bertz CT molecular complexity index is 1170. The molecule has 1 aromatic carbocycles. The van der Waals surface area contributed by atoms with Gasteiger partial charge < -0.3 is 26.9 Å². The van der Waals surface area contributed by atoms with Crippen LogP contribution in [0, 0.1) is 11.3 Å². The molecule has 11 nitrogen and oxygen atoms in total. The van der Waals surface area contributed by atoms with Crippen molar-refractivity contribution in [2.75, 3.05) is 24.8 Å². The van der Waals surface area contributed by atoms with Crippen molar-refractivity contribution in [2.24, 2.45) is 16.0 Å². The van der Waals surface area contributed by atoms with E-state index in [2.05, 4.69) is 22.5 Å². The summed E-state index contributed by atoms with van der Waals surface area (Å²) >= 11 is 0. The monoisotopic (exact) mass is 510 g/mol. The van der Waals surface area contributed by atoms with Gasteiger partial charge in [-0.05, 0) is 37.1 Å². The molecule has 2 aromatic rings. The van der Waals surface area contributed by atoms with Crippen LogP contribution in [0.5, 0.6) is 5.88 Å². The van der Waals surface area contributed by atoms with Crippen molar-refractivity contribution < 1.29 is 9.90 Å². The number of azo groups is 1. The number of aromatic nitrogens is 1. The Kier molecular flexibility index (Phi) is 11.6. The summed E-state index contributed by atoms with van der Waals surface area (Å²) in [6.07, 6.45) is 7.67.